The SMILES string of the molecule is CN=C(NCc1cccc(C(=O)NC)c1)NCC(CC(C)C)N1CCOCC1. The number of hydrogen-bond donors (Lipinski definition) is 3. The number of aliphatic imine (C=N–C) groups is 1. The second-order valence-electron chi connectivity index (χ2n) is 7.52. The number of morpholine rings is 1. The summed E-state index contributed by atoms with van der Waals surface area (Å²) in [7, 11) is 3.42. The maximum Gasteiger partial charge on any atom is 0.251 e. The van der Waals surface area contributed by atoms with Gasteiger partial charge in [-0.15, -0.1) is 0 Å². The number of ether oxygens (including phenoxy) is 1. The van der Waals surface area contributed by atoms with Crippen LogP contribution in [0.2, 0.25) is 0 Å². The van der Waals surface area contributed by atoms with Crippen LogP contribution in [-0.4, -0.2) is 69.8 Å². The molecule has 7 heteroatoms. The van der Waals surface area contributed by atoms with Crippen molar-refractivity contribution in [3.8, 4) is 0 Å². The van der Waals surface area contributed by atoms with E-state index in [1.54, 1.807) is 14.1 Å². The zero-order chi connectivity index (χ0) is 20.4. The van der Waals surface area contributed by atoms with E-state index in [0.29, 0.717) is 24.1 Å². The maximum atomic E-state index is 11.8. The fourth-order valence-corrected chi connectivity index (χ4v) is 3.44. The van der Waals surface area contributed by atoms with Crippen molar-refractivity contribution in [2.75, 3.05) is 46.9 Å². The van der Waals surface area contributed by atoms with Crippen LogP contribution in [0.5, 0.6) is 0 Å². The molecular formula is C21H35N5O2. The van der Waals surface area contributed by atoms with Crippen molar-refractivity contribution in [3.05, 3.63) is 35.4 Å². The molecule has 1 heterocycles. The number of benzene rings is 1. The number of carbonyl (C=O) groups excluding carboxylic acids is 1. The third kappa shape index (κ3) is 7.13. The Balaban J connectivity index is 1.89. The van der Waals surface area contributed by atoms with Crippen LogP contribution in [0, 0.1) is 5.92 Å². The fourth-order valence-electron chi connectivity index (χ4n) is 3.44. The van der Waals surface area contributed by atoms with E-state index in [1.165, 1.54) is 0 Å². The number of carbonyl (C=O) groups is 1. The van der Waals surface area contributed by atoms with Gasteiger partial charge in [-0.3, -0.25) is 14.7 Å². The molecule has 1 fully saturated rings. The molecule has 0 aromatic heterocycles. The summed E-state index contributed by atoms with van der Waals surface area (Å²) in [5, 5.41) is 9.47. The van der Waals surface area contributed by atoms with Crippen molar-refractivity contribution in [1.82, 2.24) is 20.9 Å². The van der Waals surface area contributed by atoms with Crippen LogP contribution in [0.25, 0.3) is 0 Å². The number of amides is 1. The van der Waals surface area contributed by atoms with Gasteiger partial charge in [0.1, 0.15) is 0 Å². The lowest BCUT2D eigenvalue weighted by Crippen LogP contribution is -2.50. The van der Waals surface area contributed by atoms with E-state index in [2.05, 4.69) is 39.7 Å². The quantitative estimate of drug-likeness (QED) is 0.463. The Hall–Kier alpha value is -2.12. The van der Waals surface area contributed by atoms with Crippen molar-refractivity contribution in [3.63, 3.8) is 0 Å². The first-order chi connectivity index (χ1) is 13.5. The molecule has 0 aliphatic carbocycles. The Morgan fingerprint density at radius 2 is 2.00 bits per heavy atom. The molecule has 7 nitrogen and oxygen atoms in total. The van der Waals surface area contributed by atoms with Crippen LogP contribution in [0.4, 0.5) is 0 Å². The molecule has 1 unspecified atom stereocenters. The predicted octanol–water partition coefficient (Wildman–Crippen LogP) is 1.46. The number of rotatable bonds is 8. The minimum Gasteiger partial charge on any atom is -0.379 e. The molecule has 0 saturated carbocycles. The van der Waals surface area contributed by atoms with Crippen LogP contribution in [0.15, 0.2) is 29.3 Å². The van der Waals surface area contributed by atoms with Crippen LogP contribution in [-0.2, 0) is 11.3 Å². The summed E-state index contributed by atoms with van der Waals surface area (Å²) >= 11 is 0. The Kier molecular flexibility index (Phi) is 9.23. The zero-order valence-corrected chi connectivity index (χ0v) is 17.6. The van der Waals surface area contributed by atoms with Crippen molar-refractivity contribution in [2.24, 2.45) is 10.9 Å². The summed E-state index contributed by atoms with van der Waals surface area (Å²) in [5.74, 6) is 1.33. The average molecular weight is 390 g/mol. The van der Waals surface area contributed by atoms with Crippen molar-refractivity contribution >= 4 is 11.9 Å². The first-order valence-electron chi connectivity index (χ1n) is 10.1. The topological polar surface area (TPSA) is 78.0 Å². The van der Waals surface area contributed by atoms with E-state index >= 15 is 0 Å². The lowest BCUT2D eigenvalue weighted by molar-refractivity contribution is 0.0132. The normalized spacial score (nSPS) is 16.7. The van der Waals surface area contributed by atoms with Crippen molar-refractivity contribution in [2.45, 2.75) is 32.9 Å². The molecule has 0 spiro atoms. The summed E-state index contributed by atoms with van der Waals surface area (Å²) in [5.41, 5.74) is 1.70. The molecule has 1 aliphatic heterocycles. The molecule has 2 rings (SSSR count). The molecule has 1 amide bonds. The summed E-state index contributed by atoms with van der Waals surface area (Å²) < 4.78 is 5.50. The summed E-state index contributed by atoms with van der Waals surface area (Å²) in [4.78, 5) is 18.7. The van der Waals surface area contributed by atoms with Gasteiger partial charge in [0.15, 0.2) is 5.96 Å². The molecule has 1 saturated heterocycles. The Bertz CT molecular complexity index is 641. The number of guanidine groups is 1. The predicted molar refractivity (Wildman–Crippen MR) is 114 cm³/mol. The molecule has 1 aliphatic rings. The van der Waals surface area contributed by atoms with Gasteiger partial charge in [-0.1, -0.05) is 26.0 Å². The van der Waals surface area contributed by atoms with Gasteiger partial charge in [0.05, 0.1) is 13.2 Å². The van der Waals surface area contributed by atoms with Gasteiger partial charge in [0.25, 0.3) is 5.91 Å². The minimum atomic E-state index is -0.0774. The molecule has 1 atom stereocenters. The van der Waals surface area contributed by atoms with Crippen LogP contribution < -0.4 is 16.0 Å². The average Bonchev–Trinajstić information content (AvgIpc) is 2.73. The Morgan fingerprint density at radius 3 is 2.64 bits per heavy atom. The Labute approximate surface area is 168 Å². The summed E-state index contributed by atoms with van der Waals surface area (Å²) in [6.07, 6.45) is 1.14. The van der Waals surface area contributed by atoms with Gasteiger partial charge in [0.2, 0.25) is 0 Å². The van der Waals surface area contributed by atoms with E-state index < -0.39 is 0 Å². The Morgan fingerprint density at radius 1 is 1.25 bits per heavy atom. The zero-order valence-electron chi connectivity index (χ0n) is 17.6. The van der Waals surface area contributed by atoms with E-state index in [0.717, 1.165) is 50.8 Å². The van der Waals surface area contributed by atoms with Crippen molar-refractivity contribution < 1.29 is 9.53 Å². The largest absolute Gasteiger partial charge is 0.379 e. The first-order valence-corrected chi connectivity index (χ1v) is 10.1. The van der Waals surface area contributed by atoms with Gasteiger partial charge < -0.3 is 20.7 Å². The molecule has 3 N–H and O–H groups in total. The van der Waals surface area contributed by atoms with Crippen LogP contribution in [0.3, 0.4) is 0 Å². The van der Waals surface area contributed by atoms with Gasteiger partial charge in [-0.05, 0) is 30.0 Å². The summed E-state index contributed by atoms with van der Waals surface area (Å²) in [6, 6.07) is 8.07. The number of hydrogen-bond acceptors (Lipinski definition) is 4. The van der Waals surface area contributed by atoms with E-state index in [4.69, 9.17) is 4.74 Å². The van der Waals surface area contributed by atoms with E-state index in [-0.39, 0.29) is 5.91 Å². The molecule has 1 aromatic rings. The van der Waals surface area contributed by atoms with Crippen LogP contribution >= 0.6 is 0 Å². The number of nitrogens with zero attached hydrogens (tertiary/aromatic N) is 2. The molecule has 0 radical (unpaired) electrons. The lowest BCUT2D eigenvalue weighted by Gasteiger charge is -2.35. The molecule has 156 valence electrons. The van der Waals surface area contributed by atoms with Gasteiger partial charge in [0, 0.05) is 51.9 Å². The highest BCUT2D eigenvalue weighted by atomic mass is 16.5. The van der Waals surface area contributed by atoms with E-state index in [9.17, 15) is 4.79 Å². The number of nitrogens with one attached hydrogen (secondary N) is 3. The smallest absolute Gasteiger partial charge is 0.251 e. The summed E-state index contributed by atoms with van der Waals surface area (Å²) in [6.45, 7) is 9.56. The third-order valence-corrected chi connectivity index (χ3v) is 4.91. The van der Waals surface area contributed by atoms with Gasteiger partial charge >= 0.3 is 0 Å². The highest BCUT2D eigenvalue weighted by molar-refractivity contribution is 5.94. The lowest BCUT2D eigenvalue weighted by atomic mass is 10.0. The fraction of sp³-hybridized carbons (Fsp3) is 0.619. The second-order valence-corrected chi connectivity index (χ2v) is 7.52. The highest BCUT2D eigenvalue weighted by Crippen LogP contribution is 2.13. The highest BCUT2D eigenvalue weighted by Gasteiger charge is 2.22. The first kappa shape index (κ1) is 22.2. The minimum absolute atomic E-state index is 0.0774. The third-order valence-electron chi connectivity index (χ3n) is 4.91. The van der Waals surface area contributed by atoms with Crippen molar-refractivity contribution in [1.29, 1.82) is 0 Å². The maximum absolute atomic E-state index is 11.8. The second kappa shape index (κ2) is 11.7. The monoisotopic (exact) mass is 389 g/mol. The van der Waals surface area contributed by atoms with Gasteiger partial charge in [-0.25, -0.2) is 0 Å². The molecule has 28 heavy (non-hydrogen) atoms. The van der Waals surface area contributed by atoms with E-state index in [1.807, 2.05) is 24.3 Å². The van der Waals surface area contributed by atoms with Gasteiger partial charge in [-0.2, -0.15) is 0 Å². The van der Waals surface area contributed by atoms with Crippen LogP contribution in [0.1, 0.15) is 36.2 Å². The molecule has 1 aromatic carbocycles. The molecule has 0 bridgehead atoms. The standard InChI is InChI=1S/C21H35N5O2/c1-16(2)12-19(26-8-10-28-11-9-26)15-25-21(23-4)24-14-17-6-5-7-18(13-17)20(27)22-3/h5-7,13,16,19H,8-12,14-15H2,1-4H3,(H,22,27)(H2,23,24,25). The molecular weight excluding hydrogens is 354 g/mol.